The number of hydrogen-bond donors (Lipinski definition) is 1. The average molecular weight is 258 g/mol. The molecule has 0 bridgehead atoms. The van der Waals surface area contributed by atoms with Gasteiger partial charge in [0.05, 0.1) is 11.6 Å². The van der Waals surface area contributed by atoms with Crippen molar-refractivity contribution in [2.45, 2.75) is 4.90 Å². The van der Waals surface area contributed by atoms with Crippen LogP contribution in [0.1, 0.15) is 0 Å². The second-order valence-electron chi connectivity index (χ2n) is 3.04. The Balaban J connectivity index is 2.36. The number of ether oxygens (including phenoxy) is 1. The molecule has 0 spiro atoms. The SMILES string of the molecule is COCSC1=NS(=O)(=O)c2ccccc2N1. The molecule has 0 saturated heterocycles. The quantitative estimate of drug-likeness (QED) is 0.814. The molecule has 1 heterocycles. The maximum atomic E-state index is 11.8. The lowest BCUT2D eigenvalue weighted by atomic mass is 10.3. The van der Waals surface area contributed by atoms with E-state index >= 15 is 0 Å². The first kappa shape index (κ1) is 11.4. The molecular formula is C9H10N2O3S2. The Morgan fingerprint density at radius 2 is 2.19 bits per heavy atom. The van der Waals surface area contributed by atoms with Gasteiger partial charge in [-0.3, -0.25) is 0 Å². The second-order valence-corrected chi connectivity index (χ2v) is 5.53. The van der Waals surface area contributed by atoms with E-state index in [-0.39, 0.29) is 4.90 Å². The van der Waals surface area contributed by atoms with Crippen LogP contribution >= 0.6 is 11.8 Å². The van der Waals surface area contributed by atoms with Crippen LogP contribution in [0.5, 0.6) is 0 Å². The van der Waals surface area contributed by atoms with Gasteiger partial charge in [0.2, 0.25) is 0 Å². The van der Waals surface area contributed by atoms with Crippen LogP contribution in [-0.2, 0) is 14.8 Å². The van der Waals surface area contributed by atoms with Crippen molar-refractivity contribution in [2.75, 3.05) is 18.4 Å². The Bertz CT molecular complexity index is 525. The molecule has 0 aliphatic carbocycles. The molecule has 0 amide bonds. The maximum Gasteiger partial charge on any atom is 0.286 e. The fraction of sp³-hybridized carbons (Fsp3) is 0.222. The third-order valence-corrected chi connectivity index (χ3v) is 4.19. The van der Waals surface area contributed by atoms with Gasteiger partial charge in [0.1, 0.15) is 4.90 Å². The Hall–Kier alpha value is -1.05. The molecule has 16 heavy (non-hydrogen) atoms. The summed E-state index contributed by atoms with van der Waals surface area (Å²) in [7, 11) is -2.03. The minimum Gasteiger partial charge on any atom is -0.374 e. The van der Waals surface area contributed by atoms with Crippen molar-refractivity contribution in [2.24, 2.45) is 4.40 Å². The van der Waals surface area contributed by atoms with Crippen LogP contribution in [0.25, 0.3) is 0 Å². The molecule has 0 fully saturated rings. The number of nitrogens with zero attached hydrogens (tertiary/aromatic N) is 1. The van der Waals surface area contributed by atoms with Gasteiger partial charge in [-0.15, -0.1) is 4.40 Å². The molecule has 2 rings (SSSR count). The van der Waals surface area contributed by atoms with Crippen LogP contribution in [0.3, 0.4) is 0 Å². The Morgan fingerprint density at radius 3 is 2.94 bits per heavy atom. The molecule has 0 unspecified atom stereocenters. The lowest BCUT2D eigenvalue weighted by molar-refractivity contribution is 0.259. The van der Waals surface area contributed by atoms with Crippen molar-refractivity contribution in [3.05, 3.63) is 24.3 Å². The standard InChI is InChI=1S/C9H10N2O3S2/c1-14-6-15-9-10-7-4-2-3-5-8(7)16(12,13)11-9/h2-5H,6H2,1H3,(H,10,11). The highest BCUT2D eigenvalue weighted by Crippen LogP contribution is 2.28. The van der Waals surface area contributed by atoms with Gasteiger partial charge in [0, 0.05) is 7.11 Å². The Kier molecular flexibility index (Phi) is 3.17. The average Bonchev–Trinajstić information content (AvgIpc) is 2.25. The van der Waals surface area contributed by atoms with Gasteiger partial charge in [-0.25, -0.2) is 0 Å². The Labute approximate surface area is 98.0 Å². The van der Waals surface area contributed by atoms with E-state index in [1.54, 1.807) is 25.3 Å². The maximum absolute atomic E-state index is 11.8. The number of rotatable bonds is 2. The minimum atomic E-state index is -3.57. The van der Waals surface area contributed by atoms with Crippen molar-refractivity contribution < 1.29 is 13.2 Å². The molecule has 5 nitrogen and oxygen atoms in total. The van der Waals surface area contributed by atoms with E-state index in [1.165, 1.54) is 17.8 Å². The number of para-hydroxylation sites is 1. The highest BCUT2D eigenvalue weighted by Gasteiger charge is 2.24. The van der Waals surface area contributed by atoms with Crippen molar-refractivity contribution in [3.63, 3.8) is 0 Å². The number of benzene rings is 1. The highest BCUT2D eigenvalue weighted by atomic mass is 32.2. The van der Waals surface area contributed by atoms with Gasteiger partial charge < -0.3 is 10.1 Å². The molecule has 1 aliphatic rings. The van der Waals surface area contributed by atoms with Crippen LogP contribution in [0.15, 0.2) is 33.6 Å². The number of thioether (sulfide) groups is 1. The number of nitrogens with one attached hydrogen (secondary N) is 1. The smallest absolute Gasteiger partial charge is 0.286 e. The first-order valence-corrected chi connectivity index (χ1v) is 6.89. The molecule has 0 radical (unpaired) electrons. The molecule has 0 aromatic heterocycles. The predicted octanol–water partition coefficient (Wildman–Crippen LogP) is 1.49. The van der Waals surface area contributed by atoms with E-state index in [4.69, 9.17) is 4.74 Å². The summed E-state index contributed by atoms with van der Waals surface area (Å²) in [5, 5.41) is 3.28. The molecule has 1 aromatic carbocycles. The van der Waals surface area contributed by atoms with Gasteiger partial charge in [-0.2, -0.15) is 8.42 Å². The summed E-state index contributed by atoms with van der Waals surface area (Å²) in [5.41, 5.74) is 0.552. The van der Waals surface area contributed by atoms with Crippen molar-refractivity contribution >= 4 is 32.6 Å². The summed E-state index contributed by atoms with van der Waals surface area (Å²) in [5.74, 6) is 0.351. The van der Waals surface area contributed by atoms with E-state index in [2.05, 4.69) is 9.71 Å². The molecule has 1 aliphatic heterocycles. The molecule has 0 atom stereocenters. The molecule has 0 saturated carbocycles. The number of sulfonamides is 1. The van der Waals surface area contributed by atoms with Gasteiger partial charge in [0.15, 0.2) is 5.17 Å². The van der Waals surface area contributed by atoms with Crippen LogP contribution < -0.4 is 5.32 Å². The number of hydrogen-bond acceptors (Lipinski definition) is 5. The normalized spacial score (nSPS) is 17.2. The van der Waals surface area contributed by atoms with Crippen LogP contribution in [0, 0.1) is 0 Å². The highest BCUT2D eigenvalue weighted by molar-refractivity contribution is 8.14. The summed E-state index contributed by atoms with van der Waals surface area (Å²) in [4.78, 5) is 0.205. The monoisotopic (exact) mass is 258 g/mol. The zero-order valence-corrected chi connectivity index (χ0v) is 10.1. The van der Waals surface area contributed by atoms with Crippen LogP contribution in [0.4, 0.5) is 5.69 Å². The number of fused-ring (bicyclic) bond motifs is 1. The molecule has 86 valence electrons. The first-order chi connectivity index (χ1) is 7.63. The molecule has 1 aromatic rings. The minimum absolute atomic E-state index is 0.205. The lowest BCUT2D eigenvalue weighted by Crippen LogP contribution is -2.19. The van der Waals surface area contributed by atoms with Crippen LogP contribution in [-0.4, -0.2) is 26.6 Å². The molecule has 1 N–H and O–H groups in total. The van der Waals surface area contributed by atoms with E-state index in [1.807, 2.05) is 0 Å². The lowest BCUT2D eigenvalue weighted by Gasteiger charge is -2.16. The summed E-state index contributed by atoms with van der Waals surface area (Å²) in [6.07, 6.45) is 0. The fourth-order valence-electron chi connectivity index (χ4n) is 1.27. The molecule has 7 heteroatoms. The van der Waals surface area contributed by atoms with Gasteiger partial charge in [0.25, 0.3) is 10.0 Å². The first-order valence-electron chi connectivity index (χ1n) is 4.46. The number of methoxy groups -OCH3 is 1. The summed E-state index contributed by atoms with van der Waals surface area (Å²) in [6, 6.07) is 6.67. The third kappa shape index (κ3) is 2.21. The van der Waals surface area contributed by atoms with E-state index < -0.39 is 10.0 Å². The number of anilines is 1. The van der Waals surface area contributed by atoms with Crippen molar-refractivity contribution in [3.8, 4) is 0 Å². The zero-order chi connectivity index (χ0) is 11.6. The molecular weight excluding hydrogens is 248 g/mol. The predicted molar refractivity (Wildman–Crippen MR) is 64.2 cm³/mol. The van der Waals surface area contributed by atoms with Gasteiger partial charge >= 0.3 is 0 Å². The third-order valence-electron chi connectivity index (χ3n) is 1.92. The topological polar surface area (TPSA) is 67.8 Å². The second kappa shape index (κ2) is 4.44. The zero-order valence-electron chi connectivity index (χ0n) is 8.50. The number of amidine groups is 1. The van der Waals surface area contributed by atoms with Gasteiger partial charge in [-0.1, -0.05) is 23.9 Å². The van der Waals surface area contributed by atoms with E-state index in [9.17, 15) is 8.42 Å². The van der Waals surface area contributed by atoms with E-state index in [0.717, 1.165) is 0 Å². The van der Waals surface area contributed by atoms with E-state index in [0.29, 0.717) is 16.8 Å². The summed E-state index contributed by atoms with van der Waals surface area (Å²) < 4.78 is 32.0. The van der Waals surface area contributed by atoms with Crippen LogP contribution in [0.2, 0.25) is 0 Å². The van der Waals surface area contributed by atoms with Gasteiger partial charge in [-0.05, 0) is 12.1 Å². The Morgan fingerprint density at radius 1 is 1.44 bits per heavy atom. The summed E-state index contributed by atoms with van der Waals surface area (Å²) in [6.45, 7) is 0. The largest absolute Gasteiger partial charge is 0.374 e. The van der Waals surface area contributed by atoms with Crippen molar-refractivity contribution in [1.29, 1.82) is 0 Å². The summed E-state index contributed by atoms with van der Waals surface area (Å²) >= 11 is 1.20. The van der Waals surface area contributed by atoms with Crippen molar-refractivity contribution in [1.82, 2.24) is 0 Å². The fourth-order valence-corrected chi connectivity index (χ4v) is 3.19.